The summed E-state index contributed by atoms with van der Waals surface area (Å²) >= 11 is 0. The van der Waals surface area contributed by atoms with Crippen LogP contribution in [0.25, 0.3) is 0 Å². The number of esters is 1. The Kier molecular flexibility index (Phi) is 6.82. The summed E-state index contributed by atoms with van der Waals surface area (Å²) in [4.78, 5) is 17.1. The normalized spacial score (nSPS) is 10.5. The van der Waals surface area contributed by atoms with Crippen molar-refractivity contribution in [1.82, 2.24) is 9.55 Å². The summed E-state index contributed by atoms with van der Waals surface area (Å²) in [5.74, 6) is 0.951. The minimum Gasteiger partial charge on any atom is -0.488 e. The number of aryl methyl sites for hydroxylation is 1. The van der Waals surface area contributed by atoms with E-state index >= 15 is 0 Å². The highest BCUT2D eigenvalue weighted by molar-refractivity contribution is 5.93. The molecule has 3 aromatic carbocycles. The zero-order chi connectivity index (χ0) is 22.2. The predicted octanol–water partition coefficient (Wildman–Crippen LogP) is 4.97. The number of aromatic nitrogens is 2. The number of nitrogens with zero attached hydrogens (tertiary/aromatic N) is 2. The molecule has 1 N–H and O–H groups in total. The van der Waals surface area contributed by atoms with E-state index in [2.05, 4.69) is 10.3 Å². The molecule has 4 aromatic rings. The van der Waals surface area contributed by atoms with Crippen molar-refractivity contribution in [2.24, 2.45) is 7.05 Å². The SMILES string of the molecule is Cn1ccnc1CNc1ccc(C(=O)OCc2ccccc2)c(OCc2ccccc2)c1. The van der Waals surface area contributed by atoms with Gasteiger partial charge in [0.25, 0.3) is 0 Å². The lowest BCUT2D eigenvalue weighted by molar-refractivity contribution is 0.0467. The third-order valence-corrected chi connectivity index (χ3v) is 5.02. The van der Waals surface area contributed by atoms with Crippen LogP contribution in [-0.4, -0.2) is 15.5 Å². The lowest BCUT2D eigenvalue weighted by Crippen LogP contribution is -2.10. The van der Waals surface area contributed by atoms with Gasteiger partial charge < -0.3 is 19.4 Å². The summed E-state index contributed by atoms with van der Waals surface area (Å²) < 4.78 is 13.5. The fourth-order valence-electron chi connectivity index (χ4n) is 3.20. The molecule has 6 heteroatoms. The summed E-state index contributed by atoms with van der Waals surface area (Å²) in [6.07, 6.45) is 3.66. The van der Waals surface area contributed by atoms with Gasteiger partial charge in [-0.3, -0.25) is 0 Å². The number of carbonyl (C=O) groups is 1. The third-order valence-electron chi connectivity index (χ3n) is 5.02. The first-order valence-electron chi connectivity index (χ1n) is 10.4. The Bertz CT molecular complexity index is 1160. The number of hydrogen-bond donors (Lipinski definition) is 1. The number of carbonyl (C=O) groups excluding carboxylic acids is 1. The van der Waals surface area contributed by atoms with Gasteiger partial charge in [0.05, 0.1) is 6.54 Å². The second kappa shape index (κ2) is 10.3. The molecule has 0 saturated carbocycles. The van der Waals surface area contributed by atoms with Gasteiger partial charge >= 0.3 is 5.97 Å². The van der Waals surface area contributed by atoms with Crippen molar-refractivity contribution in [3.05, 3.63) is 114 Å². The molecule has 6 nitrogen and oxygen atoms in total. The van der Waals surface area contributed by atoms with Crippen LogP contribution >= 0.6 is 0 Å². The minimum atomic E-state index is -0.424. The summed E-state index contributed by atoms with van der Waals surface area (Å²) in [6, 6.07) is 24.8. The van der Waals surface area contributed by atoms with Crippen LogP contribution in [0.3, 0.4) is 0 Å². The second-order valence-corrected chi connectivity index (χ2v) is 7.35. The van der Waals surface area contributed by atoms with Gasteiger partial charge in [-0.15, -0.1) is 0 Å². The molecule has 0 bridgehead atoms. The van der Waals surface area contributed by atoms with Crippen LogP contribution in [0.2, 0.25) is 0 Å². The maximum Gasteiger partial charge on any atom is 0.342 e. The predicted molar refractivity (Wildman–Crippen MR) is 123 cm³/mol. The highest BCUT2D eigenvalue weighted by atomic mass is 16.5. The molecule has 0 spiro atoms. The number of benzene rings is 3. The van der Waals surface area contributed by atoms with Gasteiger partial charge in [0, 0.05) is 31.2 Å². The van der Waals surface area contributed by atoms with E-state index in [9.17, 15) is 4.79 Å². The minimum absolute atomic E-state index is 0.205. The Morgan fingerprint density at radius 2 is 1.62 bits per heavy atom. The fourth-order valence-corrected chi connectivity index (χ4v) is 3.20. The smallest absolute Gasteiger partial charge is 0.342 e. The van der Waals surface area contributed by atoms with Gasteiger partial charge in [0.2, 0.25) is 0 Å². The number of hydrogen-bond acceptors (Lipinski definition) is 5. The molecule has 162 valence electrons. The average molecular weight is 428 g/mol. The van der Waals surface area contributed by atoms with E-state index in [1.54, 1.807) is 12.3 Å². The first-order chi connectivity index (χ1) is 15.7. The summed E-state index contributed by atoms with van der Waals surface area (Å²) in [6.45, 7) is 1.11. The molecule has 1 heterocycles. The van der Waals surface area contributed by atoms with Crippen LogP contribution in [0.4, 0.5) is 5.69 Å². The van der Waals surface area contributed by atoms with E-state index in [-0.39, 0.29) is 6.61 Å². The lowest BCUT2D eigenvalue weighted by Gasteiger charge is -2.14. The van der Waals surface area contributed by atoms with Crippen molar-refractivity contribution in [1.29, 1.82) is 0 Å². The first-order valence-corrected chi connectivity index (χ1v) is 10.4. The Morgan fingerprint density at radius 1 is 0.938 bits per heavy atom. The van der Waals surface area contributed by atoms with Crippen LogP contribution < -0.4 is 10.1 Å². The molecule has 0 aliphatic rings. The van der Waals surface area contributed by atoms with Gasteiger partial charge in [-0.05, 0) is 23.3 Å². The number of nitrogens with one attached hydrogen (secondary N) is 1. The molecular formula is C26H25N3O3. The molecule has 0 atom stereocenters. The Hall–Kier alpha value is -4.06. The molecule has 0 saturated heterocycles. The molecule has 0 radical (unpaired) electrons. The van der Waals surface area contributed by atoms with Crippen LogP contribution in [-0.2, 0) is 31.5 Å². The zero-order valence-electron chi connectivity index (χ0n) is 17.9. The summed E-state index contributed by atoms with van der Waals surface area (Å²) in [7, 11) is 1.95. The van der Waals surface area contributed by atoms with E-state index in [1.807, 2.05) is 90.6 Å². The van der Waals surface area contributed by atoms with Crippen molar-refractivity contribution in [2.45, 2.75) is 19.8 Å². The number of anilines is 1. The number of ether oxygens (including phenoxy) is 2. The molecule has 4 rings (SSSR count). The van der Waals surface area contributed by atoms with Gasteiger partial charge in [-0.2, -0.15) is 0 Å². The van der Waals surface area contributed by atoms with E-state index in [0.717, 1.165) is 22.6 Å². The maximum absolute atomic E-state index is 12.8. The molecule has 0 unspecified atom stereocenters. The largest absolute Gasteiger partial charge is 0.488 e. The Balaban J connectivity index is 1.50. The third kappa shape index (κ3) is 5.55. The molecule has 1 aromatic heterocycles. The fraction of sp³-hybridized carbons (Fsp3) is 0.154. The van der Waals surface area contributed by atoms with Crippen LogP contribution in [0, 0.1) is 0 Å². The standard InChI is InChI=1S/C26H25N3O3/c1-29-15-14-27-25(29)17-28-22-12-13-23(26(30)32-19-21-10-6-3-7-11-21)24(16-22)31-18-20-8-4-2-5-9-20/h2-16,28H,17-19H2,1H3. The van der Waals surface area contributed by atoms with Crippen molar-refractivity contribution < 1.29 is 14.3 Å². The average Bonchev–Trinajstić information content (AvgIpc) is 3.26. The lowest BCUT2D eigenvalue weighted by atomic mass is 10.1. The molecule has 0 aliphatic heterocycles. The molecule has 32 heavy (non-hydrogen) atoms. The first kappa shape index (κ1) is 21.2. The van der Waals surface area contributed by atoms with Gasteiger partial charge in [-0.25, -0.2) is 9.78 Å². The zero-order valence-corrected chi connectivity index (χ0v) is 17.9. The van der Waals surface area contributed by atoms with Gasteiger partial charge in [0.1, 0.15) is 30.4 Å². The monoisotopic (exact) mass is 427 g/mol. The van der Waals surface area contributed by atoms with Crippen molar-refractivity contribution in [3.8, 4) is 5.75 Å². The number of rotatable bonds is 9. The molecule has 0 amide bonds. The van der Waals surface area contributed by atoms with Crippen LogP contribution in [0.15, 0.2) is 91.3 Å². The van der Waals surface area contributed by atoms with Crippen molar-refractivity contribution in [2.75, 3.05) is 5.32 Å². The Labute approximate surface area is 187 Å². The van der Waals surface area contributed by atoms with E-state index < -0.39 is 5.97 Å². The topological polar surface area (TPSA) is 65.4 Å². The highest BCUT2D eigenvalue weighted by Gasteiger charge is 2.16. The van der Waals surface area contributed by atoms with Crippen molar-refractivity contribution in [3.63, 3.8) is 0 Å². The summed E-state index contributed by atoms with van der Waals surface area (Å²) in [5.41, 5.74) is 3.17. The second-order valence-electron chi connectivity index (χ2n) is 7.35. The number of imidazole rings is 1. The quantitative estimate of drug-likeness (QED) is 0.382. The molecule has 0 fully saturated rings. The van der Waals surface area contributed by atoms with Crippen LogP contribution in [0.1, 0.15) is 27.3 Å². The van der Waals surface area contributed by atoms with Crippen LogP contribution in [0.5, 0.6) is 5.75 Å². The van der Waals surface area contributed by atoms with E-state index in [0.29, 0.717) is 24.5 Å². The van der Waals surface area contributed by atoms with E-state index in [4.69, 9.17) is 9.47 Å². The van der Waals surface area contributed by atoms with Gasteiger partial charge in [-0.1, -0.05) is 60.7 Å². The van der Waals surface area contributed by atoms with E-state index in [1.165, 1.54) is 0 Å². The molecule has 0 aliphatic carbocycles. The maximum atomic E-state index is 12.8. The summed E-state index contributed by atoms with van der Waals surface area (Å²) in [5, 5.41) is 3.34. The highest BCUT2D eigenvalue weighted by Crippen LogP contribution is 2.26. The van der Waals surface area contributed by atoms with Gasteiger partial charge in [0.15, 0.2) is 0 Å². The van der Waals surface area contributed by atoms with Crippen molar-refractivity contribution >= 4 is 11.7 Å². The Morgan fingerprint density at radius 3 is 2.28 bits per heavy atom. The molecular weight excluding hydrogens is 402 g/mol.